The molecule has 1 aliphatic rings. The van der Waals surface area contributed by atoms with Crippen LogP contribution < -0.4 is 56.5 Å². The summed E-state index contributed by atoms with van der Waals surface area (Å²) in [5.41, 5.74) is 0. The molecule has 0 aromatic carbocycles. The van der Waals surface area contributed by atoms with Crippen LogP contribution in [0, 0.1) is 0 Å². The number of rotatable bonds is 0. The van der Waals surface area contributed by atoms with Crippen LogP contribution in [0.3, 0.4) is 0 Å². The quantitative estimate of drug-likeness (QED) is 0.400. The molecule has 0 heterocycles. The average Bonchev–Trinajstić information content (AvgIpc) is 1.79. The van der Waals surface area contributed by atoms with Gasteiger partial charge in [-0.2, -0.15) is 0 Å². The van der Waals surface area contributed by atoms with E-state index < -0.39 is 0 Å². The summed E-state index contributed by atoms with van der Waals surface area (Å²) in [6.45, 7) is 0. The van der Waals surface area contributed by atoms with Crippen LogP contribution in [-0.4, -0.2) is 6.10 Å². The molecule has 0 aromatic rings. The smallest absolute Gasteiger partial charge is 0.852 e. The molecule has 0 N–H and O–H groups in total. The van der Waals surface area contributed by atoms with Gasteiger partial charge in [-0.3, -0.25) is 0 Å². The summed E-state index contributed by atoms with van der Waals surface area (Å²) < 4.78 is 0. The second kappa shape index (κ2) is 7.26. The first-order valence-electron chi connectivity index (χ1n) is 4.05. The van der Waals surface area contributed by atoms with Crippen molar-refractivity contribution in [1.82, 2.24) is 0 Å². The van der Waals surface area contributed by atoms with Gasteiger partial charge in [-0.1, -0.05) is 44.9 Å². The Labute approximate surface area is 106 Å². The Kier molecular flexibility index (Phi) is 8.41. The van der Waals surface area contributed by atoms with Crippen molar-refractivity contribution in [3.05, 3.63) is 0 Å². The largest absolute Gasteiger partial charge is 1.00 e. The summed E-state index contributed by atoms with van der Waals surface area (Å²) in [6.07, 6.45) is 7.91. The molecule has 0 atom stereocenters. The van der Waals surface area contributed by atoms with Crippen molar-refractivity contribution in [3.63, 3.8) is 0 Å². The third-order valence-corrected chi connectivity index (χ3v) is 2.05. The third-order valence-electron chi connectivity index (χ3n) is 2.05. The Morgan fingerprint density at radius 1 is 0.800 bits per heavy atom. The van der Waals surface area contributed by atoms with E-state index in [1.165, 1.54) is 32.1 Å². The van der Waals surface area contributed by atoms with Gasteiger partial charge < -0.3 is 5.11 Å². The van der Waals surface area contributed by atoms with Crippen LogP contribution in [0.2, 0.25) is 0 Å². The molecule has 0 aromatic heterocycles. The van der Waals surface area contributed by atoms with Crippen LogP contribution in [0.5, 0.6) is 0 Å². The summed E-state index contributed by atoms with van der Waals surface area (Å²) in [5.74, 6) is 0. The molecule has 1 saturated carbocycles. The van der Waals surface area contributed by atoms with Gasteiger partial charge in [-0.15, -0.1) is 6.10 Å². The summed E-state index contributed by atoms with van der Waals surface area (Å²) in [6, 6.07) is 0. The van der Waals surface area contributed by atoms with Crippen molar-refractivity contribution >= 4 is 0 Å². The van der Waals surface area contributed by atoms with E-state index in [-0.39, 0.29) is 57.5 Å². The van der Waals surface area contributed by atoms with E-state index in [2.05, 4.69) is 0 Å². The molecule has 1 fully saturated rings. The Bertz CT molecular complexity index is 67.7. The molecule has 0 saturated heterocycles. The molecule has 0 spiro atoms. The fourth-order valence-electron chi connectivity index (χ4n) is 1.42. The molecular weight excluding hydrogens is 151 g/mol. The monoisotopic (exact) mass is 166 g/mol. The van der Waals surface area contributed by atoms with Gasteiger partial charge in [0.2, 0.25) is 0 Å². The van der Waals surface area contributed by atoms with Crippen LogP contribution in [0.25, 0.3) is 0 Å². The Morgan fingerprint density at radius 3 is 1.70 bits per heavy atom. The van der Waals surface area contributed by atoms with E-state index in [1.807, 2.05) is 0 Å². The minimum Gasteiger partial charge on any atom is -0.852 e. The summed E-state index contributed by atoms with van der Waals surface area (Å²) in [7, 11) is 0. The topological polar surface area (TPSA) is 23.1 Å². The van der Waals surface area contributed by atoms with E-state index in [4.69, 9.17) is 0 Å². The number of hydrogen-bond acceptors (Lipinski definition) is 1. The molecule has 0 bridgehead atoms. The van der Waals surface area contributed by atoms with Crippen LogP contribution >= 0.6 is 0 Å². The molecular formula is C8H15KO. The van der Waals surface area contributed by atoms with Crippen LogP contribution in [0.1, 0.15) is 44.9 Å². The normalized spacial score (nSPS) is 22.5. The van der Waals surface area contributed by atoms with Gasteiger partial charge in [0.25, 0.3) is 0 Å². The standard InChI is InChI=1S/C8H15O.K/c9-8-6-4-2-1-3-5-7-8;/h8H,1-7H2;/q-1;+1. The third kappa shape index (κ3) is 5.27. The van der Waals surface area contributed by atoms with Crippen LogP contribution in [0.15, 0.2) is 0 Å². The second-order valence-electron chi connectivity index (χ2n) is 2.97. The van der Waals surface area contributed by atoms with Gasteiger partial charge in [0.05, 0.1) is 0 Å². The fourth-order valence-corrected chi connectivity index (χ4v) is 1.42. The van der Waals surface area contributed by atoms with Gasteiger partial charge in [0.15, 0.2) is 0 Å². The Hall–Kier alpha value is 1.60. The van der Waals surface area contributed by atoms with Crippen LogP contribution in [-0.2, 0) is 0 Å². The minimum atomic E-state index is -0.231. The summed E-state index contributed by atoms with van der Waals surface area (Å²) in [4.78, 5) is 0. The Morgan fingerprint density at radius 2 is 1.20 bits per heavy atom. The average molecular weight is 166 g/mol. The molecule has 2 heteroatoms. The molecule has 0 aliphatic heterocycles. The number of hydrogen-bond donors (Lipinski definition) is 0. The zero-order valence-corrected chi connectivity index (χ0v) is 10.1. The maximum absolute atomic E-state index is 10.9. The molecule has 54 valence electrons. The molecule has 1 nitrogen and oxygen atoms in total. The molecule has 1 aliphatic carbocycles. The van der Waals surface area contributed by atoms with E-state index in [9.17, 15) is 5.11 Å². The summed E-state index contributed by atoms with van der Waals surface area (Å²) >= 11 is 0. The van der Waals surface area contributed by atoms with E-state index in [0.29, 0.717) is 0 Å². The molecule has 0 amide bonds. The molecule has 10 heavy (non-hydrogen) atoms. The van der Waals surface area contributed by atoms with Crippen molar-refractivity contribution in [3.8, 4) is 0 Å². The Balaban J connectivity index is 0.000000810. The van der Waals surface area contributed by atoms with E-state index >= 15 is 0 Å². The van der Waals surface area contributed by atoms with Crippen molar-refractivity contribution < 1.29 is 56.5 Å². The molecule has 1 rings (SSSR count). The summed E-state index contributed by atoms with van der Waals surface area (Å²) in [5, 5.41) is 10.9. The van der Waals surface area contributed by atoms with Gasteiger partial charge >= 0.3 is 51.4 Å². The first-order valence-corrected chi connectivity index (χ1v) is 4.05. The van der Waals surface area contributed by atoms with Gasteiger partial charge in [-0.05, 0) is 0 Å². The van der Waals surface area contributed by atoms with E-state index in [1.54, 1.807) is 0 Å². The minimum absolute atomic E-state index is 0. The van der Waals surface area contributed by atoms with Gasteiger partial charge in [0, 0.05) is 0 Å². The predicted molar refractivity (Wildman–Crippen MR) is 36.1 cm³/mol. The van der Waals surface area contributed by atoms with Crippen molar-refractivity contribution in [2.75, 3.05) is 0 Å². The molecule has 0 radical (unpaired) electrons. The van der Waals surface area contributed by atoms with Gasteiger partial charge in [-0.25, -0.2) is 0 Å². The first kappa shape index (κ1) is 11.6. The van der Waals surface area contributed by atoms with Crippen molar-refractivity contribution in [2.45, 2.75) is 51.0 Å². The maximum Gasteiger partial charge on any atom is 1.00 e. The fraction of sp³-hybridized carbons (Fsp3) is 1.00. The predicted octanol–water partition coefficient (Wildman–Crippen LogP) is -1.54. The van der Waals surface area contributed by atoms with Gasteiger partial charge in [0.1, 0.15) is 0 Å². The van der Waals surface area contributed by atoms with Crippen LogP contribution in [0.4, 0.5) is 0 Å². The first-order chi connectivity index (χ1) is 4.39. The second-order valence-corrected chi connectivity index (χ2v) is 2.97. The molecule has 0 unspecified atom stereocenters. The van der Waals surface area contributed by atoms with Crippen molar-refractivity contribution in [1.29, 1.82) is 0 Å². The SMILES string of the molecule is [K+].[O-]C1CCCCCCC1. The maximum atomic E-state index is 10.9. The van der Waals surface area contributed by atoms with Crippen molar-refractivity contribution in [2.24, 2.45) is 0 Å². The zero-order chi connectivity index (χ0) is 6.53. The van der Waals surface area contributed by atoms with E-state index in [0.717, 1.165) is 12.8 Å². The zero-order valence-electron chi connectivity index (χ0n) is 6.94.